The van der Waals surface area contributed by atoms with Gasteiger partial charge in [0, 0.05) is 0 Å². The lowest BCUT2D eigenvalue weighted by Crippen LogP contribution is -2.03. The van der Waals surface area contributed by atoms with Crippen LogP contribution in [-0.4, -0.2) is 17.4 Å². The van der Waals surface area contributed by atoms with Gasteiger partial charge in [0.15, 0.2) is 6.29 Å². The fraction of sp³-hybridized carbons (Fsp3) is 0. The van der Waals surface area contributed by atoms with Crippen LogP contribution in [0.3, 0.4) is 0 Å². The summed E-state index contributed by atoms with van der Waals surface area (Å²) in [5.74, 6) is -5.36. The zero-order valence-corrected chi connectivity index (χ0v) is 10.3. The summed E-state index contributed by atoms with van der Waals surface area (Å²) >= 11 is 0. The Hall–Kier alpha value is -2.70. The van der Waals surface area contributed by atoms with Crippen molar-refractivity contribution in [2.24, 2.45) is 0 Å². The number of carboxylic acids is 1. The molecule has 0 aliphatic carbocycles. The summed E-state index contributed by atoms with van der Waals surface area (Å²) in [5.41, 5.74) is -1.42. The van der Waals surface area contributed by atoms with Crippen molar-refractivity contribution in [3.05, 3.63) is 70.8 Å². The number of carbonyl (C=O) groups is 2. The summed E-state index contributed by atoms with van der Waals surface area (Å²) in [6, 6.07) is 6.17. The number of hydrogen-bond acceptors (Lipinski definition) is 2. The van der Waals surface area contributed by atoms with Gasteiger partial charge in [-0.25, -0.2) is 22.4 Å². The molecule has 0 aliphatic heterocycles. The van der Waals surface area contributed by atoms with Crippen molar-refractivity contribution in [1.82, 2.24) is 0 Å². The highest BCUT2D eigenvalue weighted by Gasteiger charge is 2.14. The van der Waals surface area contributed by atoms with Crippen molar-refractivity contribution in [2.45, 2.75) is 0 Å². The third kappa shape index (κ3) is 4.13. The molecule has 0 aromatic heterocycles. The van der Waals surface area contributed by atoms with Crippen LogP contribution in [0, 0.1) is 23.3 Å². The third-order valence-corrected chi connectivity index (χ3v) is 2.29. The van der Waals surface area contributed by atoms with Crippen LogP contribution in [0.5, 0.6) is 0 Å². The molecule has 0 heterocycles. The smallest absolute Gasteiger partial charge is 0.341 e. The topological polar surface area (TPSA) is 54.4 Å². The zero-order valence-electron chi connectivity index (χ0n) is 10.3. The van der Waals surface area contributed by atoms with E-state index in [1.54, 1.807) is 0 Å². The number of halogens is 4. The lowest BCUT2D eigenvalue weighted by molar-refractivity contribution is 0.0686. The second-order valence-electron chi connectivity index (χ2n) is 3.65. The first-order chi connectivity index (χ1) is 9.88. The van der Waals surface area contributed by atoms with Crippen molar-refractivity contribution < 1.29 is 32.3 Å². The van der Waals surface area contributed by atoms with Crippen LogP contribution in [0.1, 0.15) is 20.7 Å². The molecule has 2 rings (SSSR count). The molecule has 21 heavy (non-hydrogen) atoms. The Kier molecular flexibility index (Phi) is 5.59. The molecule has 0 amide bonds. The largest absolute Gasteiger partial charge is 0.477 e. The molecule has 0 radical (unpaired) electrons. The molecule has 0 fully saturated rings. The Morgan fingerprint density at radius 2 is 1.24 bits per heavy atom. The summed E-state index contributed by atoms with van der Waals surface area (Å²) in [6.07, 6.45) is 0.157. The fourth-order valence-corrected chi connectivity index (χ4v) is 1.33. The third-order valence-electron chi connectivity index (χ3n) is 2.29. The van der Waals surface area contributed by atoms with Crippen molar-refractivity contribution >= 4 is 12.3 Å². The Morgan fingerprint density at radius 3 is 1.48 bits per heavy atom. The average Bonchev–Trinajstić information content (AvgIpc) is 2.39. The predicted octanol–water partition coefficient (Wildman–Crippen LogP) is 3.44. The second kappa shape index (κ2) is 7.18. The van der Waals surface area contributed by atoms with E-state index in [1.807, 2.05) is 0 Å². The predicted molar refractivity (Wildman–Crippen MR) is 65.1 cm³/mol. The Bertz CT molecular complexity index is 631. The summed E-state index contributed by atoms with van der Waals surface area (Å²) < 4.78 is 49.7. The number of aromatic carboxylic acids is 1. The Labute approximate surface area is 116 Å². The fourth-order valence-electron chi connectivity index (χ4n) is 1.33. The van der Waals surface area contributed by atoms with Gasteiger partial charge in [0.2, 0.25) is 0 Å². The van der Waals surface area contributed by atoms with Gasteiger partial charge in [-0.15, -0.1) is 0 Å². The van der Waals surface area contributed by atoms with Crippen LogP contribution >= 0.6 is 0 Å². The first kappa shape index (κ1) is 16.4. The highest BCUT2D eigenvalue weighted by molar-refractivity contribution is 5.88. The lowest BCUT2D eigenvalue weighted by Gasteiger charge is -1.96. The first-order valence-corrected chi connectivity index (χ1v) is 5.45. The molecular weight excluding hydrogens is 292 g/mol. The molecule has 0 unspecified atom stereocenters. The van der Waals surface area contributed by atoms with E-state index in [4.69, 9.17) is 5.11 Å². The normalized spacial score (nSPS) is 9.52. The van der Waals surface area contributed by atoms with Crippen LogP contribution in [0.25, 0.3) is 0 Å². The first-order valence-electron chi connectivity index (χ1n) is 5.45. The summed E-state index contributed by atoms with van der Waals surface area (Å²) in [6.45, 7) is 0. The Balaban J connectivity index is 0.000000211. The van der Waals surface area contributed by atoms with Crippen LogP contribution in [-0.2, 0) is 0 Å². The van der Waals surface area contributed by atoms with E-state index in [0.29, 0.717) is 0 Å². The average molecular weight is 300 g/mol. The minimum Gasteiger partial charge on any atom is -0.477 e. The molecule has 0 saturated heterocycles. The van der Waals surface area contributed by atoms with E-state index in [0.717, 1.165) is 30.3 Å². The van der Waals surface area contributed by atoms with Crippen molar-refractivity contribution in [3.8, 4) is 0 Å². The van der Waals surface area contributed by atoms with Crippen LogP contribution < -0.4 is 0 Å². The zero-order chi connectivity index (χ0) is 16.0. The van der Waals surface area contributed by atoms with E-state index >= 15 is 0 Å². The Morgan fingerprint density at radius 1 is 0.857 bits per heavy atom. The number of carbonyl (C=O) groups excluding carboxylic acids is 1. The van der Waals surface area contributed by atoms with Gasteiger partial charge in [0.1, 0.15) is 28.8 Å². The van der Waals surface area contributed by atoms with E-state index in [-0.39, 0.29) is 6.29 Å². The molecule has 1 N–H and O–H groups in total. The quantitative estimate of drug-likeness (QED) is 0.683. The molecule has 0 atom stereocenters. The van der Waals surface area contributed by atoms with Gasteiger partial charge in [-0.2, -0.15) is 0 Å². The highest BCUT2D eigenvalue weighted by Crippen LogP contribution is 2.11. The van der Waals surface area contributed by atoms with Gasteiger partial charge in [-0.05, 0) is 24.3 Å². The van der Waals surface area contributed by atoms with Gasteiger partial charge >= 0.3 is 5.97 Å². The molecule has 2 aromatic rings. The van der Waals surface area contributed by atoms with Crippen LogP contribution in [0.4, 0.5) is 17.6 Å². The maximum absolute atomic E-state index is 12.5. The van der Waals surface area contributed by atoms with Crippen molar-refractivity contribution in [1.29, 1.82) is 0 Å². The van der Waals surface area contributed by atoms with Crippen molar-refractivity contribution in [2.75, 3.05) is 0 Å². The molecule has 110 valence electrons. The van der Waals surface area contributed by atoms with Gasteiger partial charge in [0.25, 0.3) is 0 Å². The molecular formula is C14H8F4O3. The summed E-state index contributed by atoms with van der Waals surface area (Å²) in [7, 11) is 0. The van der Waals surface area contributed by atoms with Crippen molar-refractivity contribution in [3.63, 3.8) is 0 Å². The SMILES string of the molecule is O=C(O)c1c(F)cccc1F.O=Cc1c(F)cccc1F. The molecule has 7 heteroatoms. The van der Waals surface area contributed by atoms with E-state index in [1.165, 1.54) is 6.07 Å². The second-order valence-corrected chi connectivity index (χ2v) is 3.65. The maximum Gasteiger partial charge on any atom is 0.341 e. The van der Waals surface area contributed by atoms with Crippen LogP contribution in [0.15, 0.2) is 36.4 Å². The van der Waals surface area contributed by atoms with Gasteiger partial charge in [-0.1, -0.05) is 12.1 Å². The number of hydrogen-bond donors (Lipinski definition) is 1. The van der Waals surface area contributed by atoms with E-state index in [9.17, 15) is 27.2 Å². The number of rotatable bonds is 2. The lowest BCUT2D eigenvalue weighted by atomic mass is 10.2. The van der Waals surface area contributed by atoms with E-state index < -0.39 is 40.4 Å². The minimum absolute atomic E-state index is 0.157. The number of carboxylic acid groups (broad SMARTS) is 1. The number of benzene rings is 2. The van der Waals surface area contributed by atoms with E-state index in [2.05, 4.69) is 0 Å². The minimum atomic E-state index is -1.60. The van der Waals surface area contributed by atoms with Gasteiger partial charge < -0.3 is 5.11 Å². The highest BCUT2D eigenvalue weighted by atomic mass is 19.1. The molecule has 0 spiro atoms. The standard InChI is InChI=1S/C7H4F2O2.C7H4F2O/c8-4-2-1-3-5(9)6(4)7(10)11;8-6-2-1-3-7(9)5(6)4-10/h1-3H,(H,10,11);1-4H. The summed E-state index contributed by atoms with van der Waals surface area (Å²) in [4.78, 5) is 20.1. The van der Waals surface area contributed by atoms with Crippen LogP contribution in [0.2, 0.25) is 0 Å². The maximum atomic E-state index is 12.5. The molecule has 0 aliphatic rings. The molecule has 0 bridgehead atoms. The number of aldehydes is 1. The molecule has 3 nitrogen and oxygen atoms in total. The molecule has 2 aromatic carbocycles. The van der Waals surface area contributed by atoms with Gasteiger partial charge in [0.05, 0.1) is 5.56 Å². The monoisotopic (exact) mass is 300 g/mol. The van der Waals surface area contributed by atoms with Gasteiger partial charge in [-0.3, -0.25) is 4.79 Å². The summed E-state index contributed by atoms with van der Waals surface area (Å²) in [5, 5.41) is 8.27. The molecule has 0 saturated carbocycles.